The van der Waals surface area contributed by atoms with Crippen LogP contribution in [0.5, 0.6) is 0 Å². The molecule has 5 nitrogen and oxygen atoms in total. The number of nitrogens with zero attached hydrogens (tertiary/aromatic N) is 2. The molecule has 2 N–H and O–H groups in total. The van der Waals surface area contributed by atoms with E-state index in [2.05, 4.69) is 51.9 Å². The Bertz CT molecular complexity index is 914. The number of benzene rings is 1. The van der Waals surface area contributed by atoms with Crippen molar-refractivity contribution in [2.24, 2.45) is 5.41 Å². The van der Waals surface area contributed by atoms with Crippen molar-refractivity contribution in [1.82, 2.24) is 20.0 Å². The number of fused-ring (bicyclic) bond motifs is 1. The van der Waals surface area contributed by atoms with E-state index < -0.39 is 21.6 Å². The van der Waals surface area contributed by atoms with Crippen molar-refractivity contribution in [2.45, 2.75) is 62.3 Å². The van der Waals surface area contributed by atoms with E-state index in [-0.39, 0.29) is 35.0 Å². The summed E-state index contributed by atoms with van der Waals surface area (Å²) in [4.78, 5) is 9.49. The van der Waals surface area contributed by atoms with Gasteiger partial charge in [-0.2, -0.15) is 0 Å². The van der Waals surface area contributed by atoms with Crippen LogP contribution < -0.4 is 10.0 Å². The van der Waals surface area contributed by atoms with E-state index in [0.29, 0.717) is 5.03 Å². The summed E-state index contributed by atoms with van der Waals surface area (Å²) < 4.78 is 16.8. The molecule has 1 saturated heterocycles. The van der Waals surface area contributed by atoms with Gasteiger partial charge < -0.3 is 9.87 Å². The van der Waals surface area contributed by atoms with Crippen LogP contribution in [0.3, 0.4) is 0 Å². The molecule has 30 heavy (non-hydrogen) atoms. The summed E-state index contributed by atoms with van der Waals surface area (Å²) in [5, 5.41) is 4.11. The predicted molar refractivity (Wildman–Crippen MR) is 128 cm³/mol. The van der Waals surface area contributed by atoms with Crippen LogP contribution in [-0.4, -0.2) is 61.9 Å². The predicted octanol–water partition coefficient (Wildman–Crippen LogP) is 2.65. The van der Waals surface area contributed by atoms with Gasteiger partial charge in [-0.25, -0.2) is 4.98 Å². The maximum atomic E-state index is 13.5. The fourth-order valence-corrected chi connectivity index (χ4v) is 6.22. The van der Waals surface area contributed by atoms with Crippen molar-refractivity contribution in [3.8, 4) is 0 Å². The third kappa shape index (κ3) is 4.01. The summed E-state index contributed by atoms with van der Waals surface area (Å²) >= 11 is 3.12. The van der Waals surface area contributed by atoms with Gasteiger partial charge in [0.2, 0.25) is 0 Å². The van der Waals surface area contributed by atoms with Crippen LogP contribution in [0, 0.1) is 12.3 Å². The number of hydrogen-bond acceptors (Lipinski definition) is 6. The van der Waals surface area contributed by atoms with Gasteiger partial charge in [0.1, 0.15) is 15.3 Å². The number of piperidine rings is 1. The maximum absolute atomic E-state index is 13.5. The quantitative estimate of drug-likeness (QED) is 0.378. The van der Waals surface area contributed by atoms with Crippen molar-refractivity contribution < 1.29 is 4.55 Å². The van der Waals surface area contributed by atoms with Crippen LogP contribution in [0.25, 0.3) is 0 Å². The first kappa shape index (κ1) is 24.5. The van der Waals surface area contributed by atoms with Crippen LogP contribution in [0.15, 0.2) is 35.5 Å². The van der Waals surface area contributed by atoms with Crippen molar-refractivity contribution >= 4 is 53.5 Å². The fraction of sp³-hybridized carbons (Fsp3) is 0.545. The average molecular weight is 455 g/mol. The average Bonchev–Trinajstić information content (AvgIpc) is 2.91. The molecule has 1 fully saturated rings. The van der Waals surface area contributed by atoms with E-state index in [4.69, 9.17) is 4.98 Å². The van der Waals surface area contributed by atoms with Crippen LogP contribution in [-0.2, 0) is 23.3 Å². The van der Waals surface area contributed by atoms with E-state index >= 15 is 0 Å². The molecule has 0 amide bonds. The first-order valence-corrected chi connectivity index (χ1v) is 11.8. The fourth-order valence-electron chi connectivity index (χ4n) is 5.00. The van der Waals surface area contributed by atoms with Crippen molar-refractivity contribution in [1.29, 1.82) is 0 Å². The Morgan fingerprint density at radius 3 is 2.50 bits per heavy atom. The number of aromatic nitrogens is 2. The second-order valence-electron chi connectivity index (χ2n) is 9.26. The molecule has 4 rings (SSSR count). The van der Waals surface area contributed by atoms with Gasteiger partial charge in [0, 0.05) is 16.8 Å². The first-order valence-electron chi connectivity index (χ1n) is 10.2. The van der Waals surface area contributed by atoms with Gasteiger partial charge in [0.15, 0.2) is 0 Å². The Hall–Kier alpha value is -0.120. The molecule has 158 valence electrons. The molecular formula is C22H31N4NaOS2. The standard InChI is InChI=1S/C22H30N4OS2.Na.H/c1-15-19(24-14-18(28)25-15)22(26-29(27)20(2,3)4)17-8-6-5-7-16(17)13-21(22)9-11-23-12-10-21;;/h5-8,14,23,26H,9-13H2,1-4H3,(H,25,28);;/t22-,29?;;/m0../s1. The molecule has 1 unspecified atom stereocenters. The molecule has 2 aromatic rings. The molecule has 1 aromatic carbocycles. The monoisotopic (exact) mass is 454 g/mol. The molecule has 1 aliphatic carbocycles. The summed E-state index contributed by atoms with van der Waals surface area (Å²) in [5.74, 6) is 0. The third-order valence-electron chi connectivity index (χ3n) is 6.40. The summed E-state index contributed by atoms with van der Waals surface area (Å²) in [6.07, 6.45) is 4.63. The molecular weight excluding hydrogens is 423 g/mol. The van der Waals surface area contributed by atoms with Gasteiger partial charge in [-0.15, -0.1) is 17.4 Å². The summed E-state index contributed by atoms with van der Waals surface area (Å²) in [6.45, 7) is 9.90. The first-order chi connectivity index (χ1) is 13.7. The number of hydrogen-bond donors (Lipinski definition) is 3. The summed E-state index contributed by atoms with van der Waals surface area (Å²) in [7, 11) is 0. The SMILES string of the molecule is Cc1nc(S)cnc1[C@@]1(N[S+]([O-])C(C)(C)C)c2ccccc2CC12CCNCC2.[NaH]. The van der Waals surface area contributed by atoms with E-state index in [1.165, 1.54) is 11.1 Å². The Labute approximate surface area is 210 Å². The Morgan fingerprint density at radius 2 is 1.87 bits per heavy atom. The van der Waals surface area contributed by atoms with Crippen molar-refractivity contribution in [3.63, 3.8) is 0 Å². The third-order valence-corrected chi connectivity index (χ3v) is 8.22. The number of nitrogens with one attached hydrogen (secondary N) is 2. The molecule has 0 bridgehead atoms. The summed E-state index contributed by atoms with van der Waals surface area (Å²) in [6, 6.07) is 8.55. The Morgan fingerprint density at radius 1 is 1.20 bits per heavy atom. The molecule has 0 radical (unpaired) electrons. The second-order valence-corrected chi connectivity index (χ2v) is 11.7. The van der Waals surface area contributed by atoms with E-state index in [1.807, 2.05) is 27.7 Å². The van der Waals surface area contributed by atoms with E-state index in [9.17, 15) is 4.55 Å². The molecule has 2 aliphatic rings. The van der Waals surface area contributed by atoms with Crippen LogP contribution in [0.1, 0.15) is 56.1 Å². The zero-order chi connectivity index (χ0) is 20.9. The molecule has 0 saturated carbocycles. The molecule has 1 aromatic heterocycles. The van der Waals surface area contributed by atoms with Gasteiger partial charge in [-0.05, 0) is 71.2 Å². The number of rotatable bonds is 3. The molecule has 8 heteroatoms. The minimum absolute atomic E-state index is 0. The molecule has 1 aliphatic heterocycles. The van der Waals surface area contributed by atoms with Gasteiger partial charge in [0.05, 0.1) is 17.6 Å². The zero-order valence-electron chi connectivity index (χ0n) is 17.6. The summed E-state index contributed by atoms with van der Waals surface area (Å²) in [5.41, 5.74) is 3.45. The van der Waals surface area contributed by atoms with Crippen molar-refractivity contribution in [2.75, 3.05) is 13.1 Å². The van der Waals surface area contributed by atoms with Gasteiger partial charge >= 0.3 is 29.6 Å². The van der Waals surface area contributed by atoms with Gasteiger partial charge in [0.25, 0.3) is 0 Å². The number of thiol groups is 1. The number of aryl methyl sites for hydroxylation is 1. The minimum atomic E-state index is -1.27. The molecule has 2 heterocycles. The van der Waals surface area contributed by atoms with Gasteiger partial charge in [-0.3, -0.25) is 4.98 Å². The van der Waals surface area contributed by atoms with Crippen LogP contribution in [0.2, 0.25) is 0 Å². The molecule has 2 atom stereocenters. The van der Waals surface area contributed by atoms with Crippen LogP contribution >= 0.6 is 12.6 Å². The van der Waals surface area contributed by atoms with Gasteiger partial charge in [-0.1, -0.05) is 24.3 Å². The molecule has 1 spiro atoms. The Balaban J connectivity index is 0.00000256. The zero-order valence-corrected chi connectivity index (χ0v) is 19.3. The van der Waals surface area contributed by atoms with E-state index in [0.717, 1.165) is 43.7 Å². The Kier molecular flexibility index (Phi) is 7.37. The van der Waals surface area contributed by atoms with E-state index in [1.54, 1.807) is 6.20 Å². The van der Waals surface area contributed by atoms with Crippen molar-refractivity contribution in [3.05, 3.63) is 53.0 Å². The van der Waals surface area contributed by atoms with Crippen LogP contribution in [0.4, 0.5) is 0 Å². The second kappa shape index (κ2) is 9.02. The topological polar surface area (TPSA) is 72.9 Å². The normalized spacial score (nSPS) is 23.7.